The van der Waals surface area contributed by atoms with Crippen LogP contribution in [0.15, 0.2) is 0 Å². The predicted molar refractivity (Wildman–Crippen MR) is 85.7 cm³/mol. The summed E-state index contributed by atoms with van der Waals surface area (Å²) < 4.78 is 0. The van der Waals surface area contributed by atoms with Crippen molar-refractivity contribution >= 4 is 17.4 Å². The summed E-state index contributed by atoms with van der Waals surface area (Å²) in [4.78, 5) is 11.5. The molecule has 0 atom stereocenters. The first-order valence-corrected chi connectivity index (χ1v) is 8.04. The number of nitrogens with zero attached hydrogens (tertiary/aromatic N) is 3. The minimum absolute atomic E-state index is 0.298. The average Bonchev–Trinajstić information content (AvgIpc) is 2.41. The van der Waals surface area contributed by atoms with E-state index in [1.807, 2.05) is 6.92 Å². The third-order valence-corrected chi connectivity index (χ3v) is 4.83. The maximum Gasteiger partial charge on any atom is 0.137 e. The monoisotopic (exact) mass is 295 g/mol. The van der Waals surface area contributed by atoms with Crippen LogP contribution in [0.3, 0.4) is 0 Å². The Balaban J connectivity index is 2.26. The first-order valence-electron chi connectivity index (χ1n) is 7.67. The number of rotatable bonds is 3. The average molecular weight is 296 g/mol. The number of aromatic nitrogens is 2. The molecule has 1 heterocycles. The summed E-state index contributed by atoms with van der Waals surface area (Å²) in [6.45, 7) is 8.57. The van der Waals surface area contributed by atoms with Crippen LogP contribution < -0.4 is 4.90 Å². The fourth-order valence-electron chi connectivity index (χ4n) is 2.90. The molecule has 1 aliphatic carbocycles. The third-order valence-electron chi connectivity index (χ3n) is 4.46. The lowest BCUT2D eigenvalue weighted by Gasteiger charge is -2.35. The molecular weight excluding hydrogens is 270 g/mol. The van der Waals surface area contributed by atoms with Crippen LogP contribution in [-0.2, 0) is 0 Å². The molecule has 0 spiro atoms. The Bertz CT molecular complexity index is 465. The molecule has 2 rings (SSSR count). The predicted octanol–water partition coefficient (Wildman–Crippen LogP) is 4.58. The van der Waals surface area contributed by atoms with Gasteiger partial charge >= 0.3 is 0 Å². The molecule has 0 N–H and O–H groups in total. The van der Waals surface area contributed by atoms with Gasteiger partial charge in [0.1, 0.15) is 16.8 Å². The molecule has 0 radical (unpaired) electrons. The van der Waals surface area contributed by atoms with Gasteiger partial charge in [0.15, 0.2) is 0 Å². The first kappa shape index (κ1) is 15.6. The van der Waals surface area contributed by atoms with Crippen LogP contribution >= 0.6 is 11.6 Å². The van der Waals surface area contributed by atoms with Crippen molar-refractivity contribution in [2.75, 3.05) is 11.9 Å². The lowest BCUT2D eigenvalue weighted by atomic mass is 9.86. The van der Waals surface area contributed by atoms with Crippen molar-refractivity contribution in [2.45, 2.75) is 65.3 Å². The Labute approximate surface area is 127 Å². The van der Waals surface area contributed by atoms with E-state index in [-0.39, 0.29) is 0 Å². The van der Waals surface area contributed by atoms with Gasteiger partial charge in [-0.1, -0.05) is 32.4 Å². The molecule has 1 aromatic rings. The molecule has 1 fully saturated rings. The maximum absolute atomic E-state index is 6.29. The van der Waals surface area contributed by atoms with Crippen molar-refractivity contribution in [2.24, 2.45) is 5.92 Å². The molecule has 0 aromatic carbocycles. The molecule has 0 bridgehead atoms. The molecular formula is C16H26ClN3. The fourth-order valence-corrected chi connectivity index (χ4v) is 3.07. The molecule has 4 heteroatoms. The van der Waals surface area contributed by atoms with E-state index in [0.717, 1.165) is 23.1 Å². The number of hydrogen-bond acceptors (Lipinski definition) is 3. The highest BCUT2D eigenvalue weighted by Crippen LogP contribution is 2.32. The van der Waals surface area contributed by atoms with E-state index in [9.17, 15) is 0 Å². The van der Waals surface area contributed by atoms with Crippen LogP contribution in [0.5, 0.6) is 0 Å². The van der Waals surface area contributed by atoms with Gasteiger partial charge in [0.2, 0.25) is 0 Å². The largest absolute Gasteiger partial charge is 0.356 e. The van der Waals surface area contributed by atoms with Gasteiger partial charge in [0.05, 0.1) is 0 Å². The van der Waals surface area contributed by atoms with Gasteiger partial charge in [-0.3, -0.25) is 0 Å². The van der Waals surface area contributed by atoms with Crippen molar-refractivity contribution in [3.05, 3.63) is 16.5 Å². The Hall–Kier alpha value is -0.830. The van der Waals surface area contributed by atoms with Gasteiger partial charge in [0.25, 0.3) is 0 Å². The molecule has 0 aliphatic heterocycles. The minimum atomic E-state index is 0.298. The second kappa shape index (κ2) is 6.30. The molecule has 1 aromatic heterocycles. The van der Waals surface area contributed by atoms with E-state index in [1.54, 1.807) is 0 Å². The van der Waals surface area contributed by atoms with E-state index in [4.69, 9.17) is 16.6 Å². The quantitative estimate of drug-likeness (QED) is 0.765. The number of hydrogen-bond donors (Lipinski definition) is 0. The lowest BCUT2D eigenvalue weighted by Crippen LogP contribution is -2.36. The molecule has 112 valence electrons. The van der Waals surface area contributed by atoms with Crippen LogP contribution in [-0.4, -0.2) is 23.1 Å². The Morgan fingerprint density at radius 2 is 1.75 bits per heavy atom. The smallest absolute Gasteiger partial charge is 0.137 e. The van der Waals surface area contributed by atoms with Gasteiger partial charge in [-0.15, -0.1) is 0 Å². The van der Waals surface area contributed by atoms with Crippen LogP contribution in [0.25, 0.3) is 0 Å². The number of anilines is 1. The zero-order valence-electron chi connectivity index (χ0n) is 13.3. The summed E-state index contributed by atoms with van der Waals surface area (Å²) >= 11 is 6.29. The van der Waals surface area contributed by atoms with Gasteiger partial charge < -0.3 is 4.90 Å². The summed E-state index contributed by atoms with van der Waals surface area (Å²) in [5, 5.41) is 0.592. The van der Waals surface area contributed by atoms with Gasteiger partial charge in [-0.2, -0.15) is 0 Å². The first-order chi connectivity index (χ1) is 9.40. The van der Waals surface area contributed by atoms with Gasteiger partial charge in [0, 0.05) is 24.6 Å². The second-order valence-corrected chi connectivity index (χ2v) is 6.86. The topological polar surface area (TPSA) is 29.0 Å². The molecule has 0 saturated heterocycles. The van der Waals surface area contributed by atoms with Crippen LogP contribution in [0, 0.1) is 12.8 Å². The van der Waals surface area contributed by atoms with E-state index < -0.39 is 0 Å². The van der Waals surface area contributed by atoms with Crippen molar-refractivity contribution in [1.29, 1.82) is 0 Å². The summed E-state index contributed by atoms with van der Waals surface area (Å²) in [6, 6.07) is 0.580. The van der Waals surface area contributed by atoms with Crippen molar-refractivity contribution in [3.63, 3.8) is 0 Å². The van der Waals surface area contributed by atoms with E-state index >= 15 is 0 Å². The van der Waals surface area contributed by atoms with Crippen molar-refractivity contribution in [3.8, 4) is 0 Å². The SMILES string of the molecule is Cc1c(Cl)nc(C(C)C)nc1N(C)C1CCC(C)CC1. The second-order valence-electron chi connectivity index (χ2n) is 6.50. The molecule has 20 heavy (non-hydrogen) atoms. The zero-order chi connectivity index (χ0) is 14.9. The molecule has 0 unspecified atom stereocenters. The van der Waals surface area contributed by atoms with E-state index in [2.05, 4.69) is 37.7 Å². The lowest BCUT2D eigenvalue weighted by molar-refractivity contribution is 0.339. The normalized spacial score (nSPS) is 23.1. The number of halogens is 1. The Morgan fingerprint density at radius 1 is 1.15 bits per heavy atom. The summed E-state index contributed by atoms with van der Waals surface area (Å²) in [5.41, 5.74) is 0.997. The van der Waals surface area contributed by atoms with Gasteiger partial charge in [-0.25, -0.2) is 9.97 Å². The van der Waals surface area contributed by atoms with Crippen LogP contribution in [0.1, 0.15) is 63.8 Å². The zero-order valence-corrected chi connectivity index (χ0v) is 14.0. The highest BCUT2D eigenvalue weighted by Gasteiger charge is 2.25. The summed E-state index contributed by atoms with van der Waals surface area (Å²) in [6.07, 6.45) is 5.11. The summed E-state index contributed by atoms with van der Waals surface area (Å²) in [7, 11) is 2.15. The fraction of sp³-hybridized carbons (Fsp3) is 0.750. The van der Waals surface area contributed by atoms with E-state index in [1.165, 1.54) is 25.7 Å². The molecule has 3 nitrogen and oxygen atoms in total. The molecule has 1 saturated carbocycles. The standard InChI is InChI=1S/C16H26ClN3/c1-10(2)15-18-14(17)12(4)16(19-15)20(5)13-8-6-11(3)7-9-13/h10-11,13H,6-9H2,1-5H3. The van der Waals surface area contributed by atoms with Crippen LogP contribution in [0.4, 0.5) is 5.82 Å². The summed E-state index contributed by atoms with van der Waals surface area (Å²) in [5.74, 6) is 3.01. The third kappa shape index (κ3) is 3.25. The molecule has 0 amide bonds. The highest BCUT2D eigenvalue weighted by molar-refractivity contribution is 6.30. The van der Waals surface area contributed by atoms with Crippen molar-refractivity contribution < 1.29 is 0 Å². The highest BCUT2D eigenvalue weighted by atomic mass is 35.5. The minimum Gasteiger partial charge on any atom is -0.356 e. The van der Waals surface area contributed by atoms with Crippen molar-refractivity contribution in [1.82, 2.24) is 9.97 Å². The maximum atomic E-state index is 6.29. The van der Waals surface area contributed by atoms with Crippen LogP contribution in [0.2, 0.25) is 5.15 Å². The van der Waals surface area contributed by atoms with E-state index in [0.29, 0.717) is 17.1 Å². The molecule has 1 aliphatic rings. The Morgan fingerprint density at radius 3 is 2.30 bits per heavy atom. The Kier molecular flexibility index (Phi) is 4.90. The van der Waals surface area contributed by atoms with Gasteiger partial charge in [-0.05, 0) is 38.5 Å².